The van der Waals surface area contributed by atoms with Crippen LogP contribution in [0.15, 0.2) is 48.5 Å². The number of anilines is 2. The fraction of sp³-hybridized carbons (Fsp3) is 0.250. The van der Waals surface area contributed by atoms with Gasteiger partial charge in [-0.25, -0.2) is 0 Å². The molecule has 1 amide bonds. The summed E-state index contributed by atoms with van der Waals surface area (Å²) in [4.78, 5) is 11.9. The van der Waals surface area contributed by atoms with Gasteiger partial charge in [-0.1, -0.05) is 30.3 Å². The lowest BCUT2D eigenvalue weighted by molar-refractivity contribution is -0.117. The minimum Gasteiger partial charge on any atom is -0.396 e. The first-order valence-electron chi connectivity index (χ1n) is 8.47. The Balaban J connectivity index is 1.72. The van der Waals surface area contributed by atoms with Gasteiger partial charge in [0, 0.05) is 29.1 Å². The fourth-order valence-corrected chi connectivity index (χ4v) is 3.27. The van der Waals surface area contributed by atoms with Gasteiger partial charge in [0.15, 0.2) is 0 Å². The Kier molecular flexibility index (Phi) is 3.53. The second-order valence-electron chi connectivity index (χ2n) is 6.36. The SMILES string of the molecule is CCn1c(-c2ccc(NC(=O)C3CC3)cc2)c(N)c2ccccc21. The number of benzene rings is 2. The molecular weight excluding hydrogens is 298 g/mol. The molecule has 122 valence electrons. The van der Waals surface area contributed by atoms with Gasteiger partial charge in [0.1, 0.15) is 0 Å². The second kappa shape index (κ2) is 5.71. The Labute approximate surface area is 141 Å². The van der Waals surface area contributed by atoms with Crippen LogP contribution < -0.4 is 11.1 Å². The minimum absolute atomic E-state index is 0.130. The number of nitrogens with one attached hydrogen (secondary N) is 1. The van der Waals surface area contributed by atoms with Crippen molar-refractivity contribution >= 4 is 28.2 Å². The van der Waals surface area contributed by atoms with Crippen LogP contribution in [-0.2, 0) is 11.3 Å². The van der Waals surface area contributed by atoms with Crippen molar-refractivity contribution in [2.24, 2.45) is 5.92 Å². The van der Waals surface area contributed by atoms with Crippen molar-refractivity contribution in [3.63, 3.8) is 0 Å². The van der Waals surface area contributed by atoms with E-state index in [4.69, 9.17) is 5.73 Å². The molecule has 1 aliphatic carbocycles. The number of fused-ring (bicyclic) bond motifs is 1. The maximum absolute atomic E-state index is 11.9. The zero-order valence-electron chi connectivity index (χ0n) is 13.8. The number of nitrogen functional groups attached to an aromatic ring is 1. The van der Waals surface area contributed by atoms with Gasteiger partial charge in [0.05, 0.1) is 16.9 Å². The van der Waals surface area contributed by atoms with Crippen LogP contribution in [0.2, 0.25) is 0 Å². The van der Waals surface area contributed by atoms with Crippen LogP contribution in [0, 0.1) is 5.92 Å². The summed E-state index contributed by atoms with van der Waals surface area (Å²) in [5, 5.41) is 4.06. The molecule has 0 bridgehead atoms. The molecule has 0 spiro atoms. The second-order valence-corrected chi connectivity index (χ2v) is 6.36. The summed E-state index contributed by atoms with van der Waals surface area (Å²) < 4.78 is 2.24. The third-order valence-corrected chi connectivity index (χ3v) is 4.70. The molecule has 1 fully saturated rings. The molecular formula is C20H21N3O. The molecule has 4 nitrogen and oxygen atoms in total. The van der Waals surface area contributed by atoms with Gasteiger partial charge in [0.25, 0.3) is 0 Å². The zero-order valence-corrected chi connectivity index (χ0v) is 13.8. The number of carbonyl (C=O) groups excluding carboxylic acids is 1. The third-order valence-electron chi connectivity index (χ3n) is 4.70. The lowest BCUT2D eigenvalue weighted by Crippen LogP contribution is -2.13. The summed E-state index contributed by atoms with van der Waals surface area (Å²) in [6.45, 7) is 2.98. The van der Waals surface area contributed by atoms with Crippen molar-refractivity contribution < 1.29 is 4.79 Å². The summed E-state index contributed by atoms with van der Waals surface area (Å²) in [5.74, 6) is 0.341. The van der Waals surface area contributed by atoms with Crippen molar-refractivity contribution in [2.45, 2.75) is 26.3 Å². The van der Waals surface area contributed by atoms with E-state index in [2.05, 4.69) is 28.9 Å². The predicted molar refractivity (Wildman–Crippen MR) is 98.8 cm³/mol. The zero-order chi connectivity index (χ0) is 16.7. The van der Waals surface area contributed by atoms with E-state index >= 15 is 0 Å². The quantitative estimate of drug-likeness (QED) is 0.755. The van der Waals surface area contributed by atoms with E-state index in [1.807, 2.05) is 36.4 Å². The number of aryl methyl sites for hydroxylation is 1. The third kappa shape index (κ3) is 2.44. The van der Waals surface area contributed by atoms with E-state index in [1.165, 1.54) is 0 Å². The summed E-state index contributed by atoms with van der Waals surface area (Å²) in [6.07, 6.45) is 2.02. The smallest absolute Gasteiger partial charge is 0.227 e. The first-order valence-corrected chi connectivity index (χ1v) is 8.47. The maximum Gasteiger partial charge on any atom is 0.227 e. The van der Waals surface area contributed by atoms with Crippen molar-refractivity contribution in [1.29, 1.82) is 0 Å². The van der Waals surface area contributed by atoms with E-state index in [0.29, 0.717) is 0 Å². The summed E-state index contributed by atoms with van der Waals surface area (Å²) in [5.41, 5.74) is 11.3. The molecule has 1 heterocycles. The average Bonchev–Trinajstić information content (AvgIpc) is 3.41. The van der Waals surface area contributed by atoms with Crippen LogP contribution in [0.3, 0.4) is 0 Å². The highest BCUT2D eigenvalue weighted by Gasteiger charge is 2.29. The number of carbonyl (C=O) groups is 1. The van der Waals surface area contributed by atoms with Gasteiger partial charge < -0.3 is 15.6 Å². The molecule has 0 saturated heterocycles. The molecule has 0 radical (unpaired) electrons. The van der Waals surface area contributed by atoms with Crippen molar-refractivity contribution in [1.82, 2.24) is 4.57 Å². The number of amides is 1. The first kappa shape index (κ1) is 14.8. The summed E-state index contributed by atoms with van der Waals surface area (Å²) >= 11 is 0. The number of para-hydroxylation sites is 1. The van der Waals surface area contributed by atoms with Crippen molar-refractivity contribution in [2.75, 3.05) is 11.1 Å². The van der Waals surface area contributed by atoms with E-state index in [0.717, 1.165) is 52.9 Å². The molecule has 4 rings (SSSR count). The van der Waals surface area contributed by atoms with Crippen LogP contribution in [-0.4, -0.2) is 10.5 Å². The largest absolute Gasteiger partial charge is 0.396 e. The van der Waals surface area contributed by atoms with Crippen LogP contribution >= 0.6 is 0 Å². The Morgan fingerprint density at radius 3 is 2.54 bits per heavy atom. The Hall–Kier alpha value is -2.75. The highest BCUT2D eigenvalue weighted by molar-refractivity contribution is 6.01. The van der Waals surface area contributed by atoms with Gasteiger partial charge in [-0.3, -0.25) is 4.79 Å². The standard InChI is InChI=1S/C20H21N3O/c1-2-23-17-6-4-3-5-16(17)18(21)19(23)13-9-11-15(12-10-13)22-20(24)14-7-8-14/h3-6,9-12,14H,2,7-8,21H2,1H3,(H,22,24). The van der Waals surface area contributed by atoms with Crippen molar-refractivity contribution in [3.05, 3.63) is 48.5 Å². The number of hydrogen-bond donors (Lipinski definition) is 2. The van der Waals surface area contributed by atoms with Gasteiger partial charge in [-0.15, -0.1) is 0 Å². The number of nitrogens with zero attached hydrogens (tertiary/aromatic N) is 1. The molecule has 0 atom stereocenters. The lowest BCUT2D eigenvalue weighted by atomic mass is 10.1. The number of hydrogen-bond acceptors (Lipinski definition) is 2. The Morgan fingerprint density at radius 1 is 1.17 bits per heavy atom. The van der Waals surface area contributed by atoms with Crippen LogP contribution in [0.1, 0.15) is 19.8 Å². The minimum atomic E-state index is 0.130. The number of nitrogens with two attached hydrogens (primary N) is 1. The van der Waals surface area contributed by atoms with E-state index in [1.54, 1.807) is 0 Å². The number of rotatable bonds is 4. The molecule has 1 saturated carbocycles. The number of aromatic nitrogens is 1. The topological polar surface area (TPSA) is 60.0 Å². The normalized spacial score (nSPS) is 14.0. The van der Waals surface area contributed by atoms with Crippen LogP contribution in [0.4, 0.5) is 11.4 Å². The van der Waals surface area contributed by atoms with Crippen molar-refractivity contribution in [3.8, 4) is 11.3 Å². The van der Waals surface area contributed by atoms with Gasteiger partial charge in [0.2, 0.25) is 5.91 Å². The Bertz CT molecular complexity index is 905. The summed E-state index contributed by atoms with van der Waals surface area (Å²) in [6, 6.07) is 16.2. The molecule has 4 heteroatoms. The molecule has 1 aliphatic rings. The maximum atomic E-state index is 11.9. The molecule has 24 heavy (non-hydrogen) atoms. The summed E-state index contributed by atoms with van der Waals surface area (Å²) in [7, 11) is 0. The predicted octanol–water partition coefficient (Wildman–Crippen LogP) is 4.26. The molecule has 2 aromatic carbocycles. The van der Waals surface area contributed by atoms with Gasteiger partial charge >= 0.3 is 0 Å². The van der Waals surface area contributed by atoms with E-state index in [-0.39, 0.29) is 11.8 Å². The lowest BCUT2D eigenvalue weighted by Gasteiger charge is -2.10. The highest BCUT2D eigenvalue weighted by atomic mass is 16.2. The monoisotopic (exact) mass is 319 g/mol. The first-order chi connectivity index (χ1) is 11.7. The average molecular weight is 319 g/mol. The van der Waals surface area contributed by atoms with Gasteiger partial charge in [-0.2, -0.15) is 0 Å². The molecule has 3 aromatic rings. The molecule has 0 aliphatic heterocycles. The van der Waals surface area contributed by atoms with E-state index < -0.39 is 0 Å². The van der Waals surface area contributed by atoms with Crippen LogP contribution in [0.25, 0.3) is 22.2 Å². The van der Waals surface area contributed by atoms with Crippen LogP contribution in [0.5, 0.6) is 0 Å². The van der Waals surface area contributed by atoms with E-state index in [9.17, 15) is 4.79 Å². The van der Waals surface area contributed by atoms with Gasteiger partial charge in [-0.05, 0) is 38.0 Å². The molecule has 0 unspecified atom stereocenters. The molecule has 3 N–H and O–H groups in total. The fourth-order valence-electron chi connectivity index (χ4n) is 3.27. The highest BCUT2D eigenvalue weighted by Crippen LogP contribution is 2.36. The molecule has 1 aromatic heterocycles. The Morgan fingerprint density at radius 2 is 1.88 bits per heavy atom.